The van der Waals surface area contributed by atoms with Crippen LogP contribution in [-0.4, -0.2) is 27.7 Å². The van der Waals surface area contributed by atoms with E-state index in [1.54, 1.807) is 6.92 Å². The van der Waals surface area contributed by atoms with Crippen molar-refractivity contribution in [2.24, 2.45) is 0 Å². The average molecular weight is 376 g/mol. The number of amides is 1. The van der Waals surface area contributed by atoms with Crippen LogP contribution in [0, 0.1) is 9.39 Å². The highest BCUT2D eigenvalue weighted by Crippen LogP contribution is 2.15. The Labute approximate surface area is 121 Å². The van der Waals surface area contributed by atoms with Crippen molar-refractivity contribution < 1.29 is 13.9 Å². The number of benzene rings is 1. The van der Waals surface area contributed by atoms with Crippen LogP contribution in [-0.2, 0) is 0 Å². The van der Waals surface area contributed by atoms with Crippen molar-refractivity contribution in [3.63, 3.8) is 0 Å². The third-order valence-corrected chi connectivity index (χ3v) is 3.04. The lowest BCUT2D eigenvalue weighted by Crippen LogP contribution is -2.14. The third kappa shape index (κ3) is 3.40. The van der Waals surface area contributed by atoms with Crippen LogP contribution in [0.15, 0.2) is 18.2 Å². The summed E-state index contributed by atoms with van der Waals surface area (Å²) in [5.74, 6) is -0.614. The Balaban J connectivity index is 2.11. The van der Waals surface area contributed by atoms with E-state index in [1.165, 1.54) is 18.2 Å². The summed E-state index contributed by atoms with van der Waals surface area (Å²) in [5, 5.41) is 8.80. The number of rotatable bonds is 4. The maximum Gasteiger partial charge on any atom is 0.337 e. The van der Waals surface area contributed by atoms with Gasteiger partial charge in [-0.25, -0.2) is 9.49 Å². The van der Waals surface area contributed by atoms with Crippen LogP contribution in [0.1, 0.15) is 17.3 Å². The van der Waals surface area contributed by atoms with E-state index in [2.05, 4.69) is 20.5 Å². The molecule has 1 heterocycles. The molecule has 0 unspecified atom stereocenters. The van der Waals surface area contributed by atoms with Gasteiger partial charge in [0, 0.05) is 3.57 Å². The minimum Gasteiger partial charge on any atom is -0.463 e. The quantitative estimate of drug-likeness (QED) is 0.802. The molecule has 6 nitrogen and oxygen atoms in total. The fourth-order valence-electron chi connectivity index (χ4n) is 1.34. The molecule has 1 aromatic heterocycles. The summed E-state index contributed by atoms with van der Waals surface area (Å²) < 4.78 is 18.5. The van der Waals surface area contributed by atoms with Crippen LogP contribution in [0.5, 0.6) is 6.01 Å². The summed E-state index contributed by atoms with van der Waals surface area (Å²) in [7, 11) is 0. The molecule has 2 rings (SSSR count). The Hall–Kier alpha value is -1.71. The predicted octanol–water partition coefficient (Wildman–Crippen LogP) is 2.20. The van der Waals surface area contributed by atoms with Crippen LogP contribution >= 0.6 is 22.6 Å². The van der Waals surface area contributed by atoms with Crippen molar-refractivity contribution in [3.05, 3.63) is 33.1 Å². The van der Waals surface area contributed by atoms with Gasteiger partial charge in [0.25, 0.3) is 5.91 Å². The number of nitrogens with one attached hydrogen (secondary N) is 2. The van der Waals surface area contributed by atoms with Crippen molar-refractivity contribution in [2.45, 2.75) is 6.92 Å². The number of hydrogen-bond donors (Lipinski definition) is 2. The molecule has 0 saturated heterocycles. The summed E-state index contributed by atoms with van der Waals surface area (Å²) in [6.45, 7) is 2.23. The van der Waals surface area contributed by atoms with Crippen molar-refractivity contribution in [1.82, 2.24) is 15.2 Å². The number of carbonyl (C=O) groups is 1. The number of aromatic amines is 1. The zero-order valence-corrected chi connectivity index (χ0v) is 12.1. The molecule has 2 aromatic rings. The SMILES string of the molecule is CCOc1n[nH]c(NC(=O)c2ccc(F)cc2I)n1. The molecule has 19 heavy (non-hydrogen) atoms. The van der Waals surface area contributed by atoms with Gasteiger partial charge in [-0.05, 0) is 47.7 Å². The van der Waals surface area contributed by atoms with Crippen LogP contribution < -0.4 is 10.1 Å². The van der Waals surface area contributed by atoms with E-state index in [0.29, 0.717) is 15.7 Å². The van der Waals surface area contributed by atoms with E-state index in [9.17, 15) is 9.18 Å². The minimum atomic E-state index is -0.399. The molecule has 0 fully saturated rings. The fourth-order valence-corrected chi connectivity index (χ4v) is 2.07. The summed E-state index contributed by atoms with van der Waals surface area (Å²) >= 11 is 1.89. The van der Waals surface area contributed by atoms with Gasteiger partial charge in [0.1, 0.15) is 5.82 Å². The van der Waals surface area contributed by atoms with Gasteiger partial charge in [0.2, 0.25) is 5.95 Å². The van der Waals surface area contributed by atoms with E-state index in [4.69, 9.17) is 4.74 Å². The first-order chi connectivity index (χ1) is 9.10. The van der Waals surface area contributed by atoms with Crippen LogP contribution in [0.4, 0.5) is 10.3 Å². The van der Waals surface area contributed by atoms with Crippen molar-refractivity contribution in [1.29, 1.82) is 0 Å². The first-order valence-corrected chi connectivity index (χ1v) is 6.49. The topological polar surface area (TPSA) is 79.9 Å². The highest BCUT2D eigenvalue weighted by molar-refractivity contribution is 14.1. The second kappa shape index (κ2) is 5.95. The molecule has 1 aromatic carbocycles. The molecular weight excluding hydrogens is 366 g/mol. The van der Waals surface area contributed by atoms with E-state index < -0.39 is 5.91 Å². The predicted molar refractivity (Wildman–Crippen MR) is 74.6 cm³/mol. The molecule has 2 N–H and O–H groups in total. The monoisotopic (exact) mass is 376 g/mol. The lowest BCUT2D eigenvalue weighted by atomic mass is 10.2. The molecule has 100 valence electrons. The zero-order valence-electron chi connectivity index (χ0n) is 9.91. The molecular formula is C11H10FIN4O2. The number of anilines is 1. The van der Waals surface area contributed by atoms with Crippen LogP contribution in [0.25, 0.3) is 0 Å². The van der Waals surface area contributed by atoms with Gasteiger partial charge in [-0.2, -0.15) is 4.98 Å². The lowest BCUT2D eigenvalue weighted by molar-refractivity contribution is 0.102. The Morgan fingerprint density at radius 3 is 3.05 bits per heavy atom. The van der Waals surface area contributed by atoms with Crippen LogP contribution in [0.2, 0.25) is 0 Å². The van der Waals surface area contributed by atoms with Crippen LogP contribution in [0.3, 0.4) is 0 Å². The van der Waals surface area contributed by atoms with E-state index in [1.807, 2.05) is 22.6 Å². The third-order valence-electron chi connectivity index (χ3n) is 2.15. The molecule has 0 atom stereocenters. The second-order valence-corrected chi connectivity index (χ2v) is 4.64. The highest BCUT2D eigenvalue weighted by atomic mass is 127. The normalized spacial score (nSPS) is 10.3. The number of ether oxygens (including phenoxy) is 1. The standard InChI is InChI=1S/C11H10FIN4O2/c1-2-19-11-15-10(16-17-11)14-9(18)7-4-3-6(12)5-8(7)13/h3-5H,2H2,1H3,(H2,14,15,16,17,18). The Morgan fingerprint density at radius 2 is 2.37 bits per heavy atom. The van der Waals surface area contributed by atoms with Gasteiger partial charge in [0.05, 0.1) is 12.2 Å². The first-order valence-electron chi connectivity index (χ1n) is 5.41. The number of halogens is 2. The van der Waals surface area contributed by atoms with E-state index >= 15 is 0 Å². The fraction of sp³-hybridized carbons (Fsp3) is 0.182. The van der Waals surface area contributed by atoms with Gasteiger partial charge < -0.3 is 4.74 Å². The van der Waals surface area contributed by atoms with Gasteiger partial charge >= 0.3 is 6.01 Å². The Bertz CT molecular complexity index is 602. The molecule has 0 bridgehead atoms. The summed E-state index contributed by atoms with van der Waals surface area (Å²) in [6, 6.07) is 4.07. The van der Waals surface area contributed by atoms with Gasteiger partial charge in [-0.1, -0.05) is 0 Å². The molecule has 0 saturated carbocycles. The van der Waals surface area contributed by atoms with Crippen molar-refractivity contribution >= 4 is 34.4 Å². The first kappa shape index (κ1) is 13.7. The maximum atomic E-state index is 12.9. The number of hydrogen-bond acceptors (Lipinski definition) is 4. The minimum absolute atomic E-state index is 0.159. The number of H-pyrrole nitrogens is 1. The summed E-state index contributed by atoms with van der Waals surface area (Å²) in [6.07, 6.45) is 0. The van der Waals surface area contributed by atoms with Crippen molar-refractivity contribution in [3.8, 4) is 6.01 Å². The van der Waals surface area contributed by atoms with Crippen molar-refractivity contribution in [2.75, 3.05) is 11.9 Å². The van der Waals surface area contributed by atoms with E-state index in [-0.39, 0.29) is 17.8 Å². The van der Waals surface area contributed by atoms with Gasteiger partial charge in [0.15, 0.2) is 0 Å². The molecule has 0 aliphatic heterocycles. The highest BCUT2D eigenvalue weighted by Gasteiger charge is 2.13. The number of carbonyl (C=O) groups excluding carboxylic acids is 1. The molecule has 0 spiro atoms. The Kier molecular flexibility index (Phi) is 4.30. The largest absolute Gasteiger partial charge is 0.463 e. The number of aromatic nitrogens is 3. The summed E-state index contributed by atoms with van der Waals surface area (Å²) in [5.41, 5.74) is 0.358. The maximum absolute atomic E-state index is 12.9. The molecule has 1 amide bonds. The zero-order chi connectivity index (χ0) is 13.8. The number of nitrogens with zero attached hydrogens (tertiary/aromatic N) is 2. The van der Waals surface area contributed by atoms with Gasteiger partial charge in [-0.15, -0.1) is 5.10 Å². The molecule has 8 heteroatoms. The van der Waals surface area contributed by atoms with Gasteiger partial charge in [-0.3, -0.25) is 10.1 Å². The molecule has 0 radical (unpaired) electrons. The molecule has 0 aliphatic carbocycles. The average Bonchev–Trinajstić information content (AvgIpc) is 2.76. The Morgan fingerprint density at radius 1 is 1.58 bits per heavy atom. The lowest BCUT2D eigenvalue weighted by Gasteiger charge is -2.03. The van der Waals surface area contributed by atoms with E-state index in [0.717, 1.165) is 0 Å². The summed E-state index contributed by atoms with van der Waals surface area (Å²) in [4.78, 5) is 15.9. The smallest absolute Gasteiger partial charge is 0.337 e. The second-order valence-electron chi connectivity index (χ2n) is 3.48. The molecule has 0 aliphatic rings.